The predicted molar refractivity (Wildman–Crippen MR) is 88.1 cm³/mol. The highest BCUT2D eigenvalue weighted by molar-refractivity contribution is 5.97. The van der Waals surface area contributed by atoms with Crippen molar-refractivity contribution in [3.05, 3.63) is 29.3 Å². The summed E-state index contributed by atoms with van der Waals surface area (Å²) in [6.45, 7) is 5.45. The Morgan fingerprint density at radius 3 is 2.86 bits per heavy atom. The highest BCUT2D eigenvalue weighted by atomic mass is 16.2. The van der Waals surface area contributed by atoms with Gasteiger partial charge in [0.05, 0.1) is 0 Å². The summed E-state index contributed by atoms with van der Waals surface area (Å²) in [7, 11) is 0. The Balaban J connectivity index is 1.93. The van der Waals surface area contributed by atoms with Gasteiger partial charge in [0, 0.05) is 30.3 Å². The Morgan fingerprint density at radius 2 is 2.18 bits per heavy atom. The van der Waals surface area contributed by atoms with Crippen molar-refractivity contribution in [2.75, 3.05) is 18.4 Å². The minimum atomic E-state index is -0.117. The third kappa shape index (κ3) is 4.56. The minimum absolute atomic E-state index is 0.00449. The van der Waals surface area contributed by atoms with E-state index < -0.39 is 0 Å². The molecule has 1 aliphatic rings. The van der Waals surface area contributed by atoms with Crippen LogP contribution in [-0.2, 0) is 4.79 Å². The van der Waals surface area contributed by atoms with Crippen LogP contribution in [0.1, 0.15) is 48.5 Å². The molecule has 1 unspecified atom stereocenters. The molecule has 0 saturated carbocycles. The van der Waals surface area contributed by atoms with Crippen LogP contribution < -0.4 is 16.0 Å². The lowest BCUT2D eigenvalue weighted by molar-refractivity contribution is -0.116. The van der Waals surface area contributed by atoms with Crippen molar-refractivity contribution in [1.29, 1.82) is 0 Å². The Bertz CT molecular complexity index is 537. The van der Waals surface area contributed by atoms with Gasteiger partial charge < -0.3 is 16.0 Å². The molecule has 0 bridgehead atoms. The summed E-state index contributed by atoms with van der Waals surface area (Å²) in [6, 6.07) is 5.84. The largest absolute Gasteiger partial charge is 0.352 e. The van der Waals surface area contributed by atoms with E-state index in [2.05, 4.69) is 16.0 Å². The molecule has 120 valence electrons. The average molecular weight is 303 g/mol. The van der Waals surface area contributed by atoms with Crippen molar-refractivity contribution in [3.8, 4) is 0 Å². The van der Waals surface area contributed by atoms with Crippen LogP contribution in [0.25, 0.3) is 0 Å². The Morgan fingerprint density at radius 1 is 1.36 bits per heavy atom. The molecule has 1 atom stereocenters. The molecular formula is C17H25N3O2. The second-order valence-corrected chi connectivity index (χ2v) is 5.77. The normalized spacial score (nSPS) is 17.3. The summed E-state index contributed by atoms with van der Waals surface area (Å²) < 4.78 is 0. The summed E-state index contributed by atoms with van der Waals surface area (Å²) >= 11 is 0. The maximum atomic E-state index is 12.1. The van der Waals surface area contributed by atoms with Gasteiger partial charge >= 0.3 is 0 Å². The van der Waals surface area contributed by atoms with Crippen LogP contribution in [0.4, 0.5) is 5.69 Å². The first-order valence-electron chi connectivity index (χ1n) is 8.02. The van der Waals surface area contributed by atoms with Crippen molar-refractivity contribution in [2.24, 2.45) is 0 Å². The summed E-state index contributed by atoms with van der Waals surface area (Å²) in [4.78, 5) is 24.0. The molecule has 0 spiro atoms. The zero-order valence-corrected chi connectivity index (χ0v) is 13.4. The van der Waals surface area contributed by atoms with Gasteiger partial charge in [-0.25, -0.2) is 0 Å². The number of anilines is 1. The number of aryl methyl sites for hydroxylation is 1. The highest BCUT2D eigenvalue weighted by Gasteiger charge is 2.16. The van der Waals surface area contributed by atoms with E-state index in [1.807, 2.05) is 19.9 Å². The molecule has 1 heterocycles. The Labute approximate surface area is 131 Å². The zero-order valence-electron chi connectivity index (χ0n) is 13.4. The lowest BCUT2D eigenvalue weighted by Gasteiger charge is -2.12. The fourth-order valence-electron chi connectivity index (χ4n) is 2.68. The average Bonchev–Trinajstić information content (AvgIpc) is 3.01. The number of carbonyl (C=O) groups excluding carboxylic acids is 2. The van der Waals surface area contributed by atoms with Gasteiger partial charge in [0.15, 0.2) is 0 Å². The van der Waals surface area contributed by atoms with Gasteiger partial charge in [0.1, 0.15) is 0 Å². The topological polar surface area (TPSA) is 70.2 Å². The zero-order chi connectivity index (χ0) is 15.9. The van der Waals surface area contributed by atoms with Crippen molar-refractivity contribution < 1.29 is 9.59 Å². The SMILES string of the molecule is CCNC(=O)c1ccc(C)c(NC(=O)CCC2CCCN2)c1. The molecule has 1 aromatic rings. The second-order valence-electron chi connectivity index (χ2n) is 5.77. The van der Waals surface area contributed by atoms with Gasteiger partial charge in [0.2, 0.25) is 5.91 Å². The van der Waals surface area contributed by atoms with E-state index in [-0.39, 0.29) is 11.8 Å². The molecule has 1 fully saturated rings. The van der Waals surface area contributed by atoms with E-state index in [1.54, 1.807) is 12.1 Å². The van der Waals surface area contributed by atoms with E-state index in [1.165, 1.54) is 6.42 Å². The minimum Gasteiger partial charge on any atom is -0.352 e. The fourth-order valence-corrected chi connectivity index (χ4v) is 2.68. The van der Waals surface area contributed by atoms with Crippen molar-refractivity contribution in [3.63, 3.8) is 0 Å². The van der Waals surface area contributed by atoms with E-state index in [9.17, 15) is 9.59 Å². The molecule has 1 saturated heterocycles. The van der Waals surface area contributed by atoms with Crippen LogP contribution >= 0.6 is 0 Å². The van der Waals surface area contributed by atoms with Gasteiger partial charge in [0.25, 0.3) is 5.91 Å². The molecule has 3 N–H and O–H groups in total. The van der Waals surface area contributed by atoms with Gasteiger partial charge in [-0.3, -0.25) is 9.59 Å². The molecule has 5 heteroatoms. The van der Waals surface area contributed by atoms with Crippen LogP contribution in [-0.4, -0.2) is 30.9 Å². The quantitative estimate of drug-likeness (QED) is 0.754. The molecular weight excluding hydrogens is 278 g/mol. The lowest BCUT2D eigenvalue weighted by atomic mass is 10.1. The van der Waals surface area contributed by atoms with Crippen LogP contribution in [0.3, 0.4) is 0 Å². The first-order chi connectivity index (χ1) is 10.6. The number of hydrogen-bond acceptors (Lipinski definition) is 3. The van der Waals surface area contributed by atoms with Crippen molar-refractivity contribution in [1.82, 2.24) is 10.6 Å². The fraction of sp³-hybridized carbons (Fsp3) is 0.529. The number of rotatable bonds is 6. The Hall–Kier alpha value is -1.88. The Kier molecular flexibility index (Phi) is 5.95. The standard InChI is InChI=1S/C17H25N3O2/c1-3-18-17(22)13-7-6-12(2)15(11-13)20-16(21)9-8-14-5-4-10-19-14/h6-7,11,14,19H,3-5,8-10H2,1-2H3,(H,18,22)(H,20,21). The van der Waals surface area contributed by atoms with E-state index in [0.29, 0.717) is 30.3 Å². The summed E-state index contributed by atoms with van der Waals surface area (Å²) in [5.74, 6) is -0.113. The maximum absolute atomic E-state index is 12.1. The molecule has 22 heavy (non-hydrogen) atoms. The smallest absolute Gasteiger partial charge is 0.251 e. The van der Waals surface area contributed by atoms with E-state index >= 15 is 0 Å². The van der Waals surface area contributed by atoms with E-state index in [4.69, 9.17) is 0 Å². The van der Waals surface area contributed by atoms with Crippen LogP contribution in [0.2, 0.25) is 0 Å². The first-order valence-corrected chi connectivity index (χ1v) is 8.02. The summed E-state index contributed by atoms with van der Waals surface area (Å²) in [5.41, 5.74) is 2.24. The summed E-state index contributed by atoms with van der Waals surface area (Å²) in [6.07, 6.45) is 3.71. The predicted octanol–water partition coefficient (Wildman–Crippen LogP) is 2.22. The molecule has 2 rings (SSSR count). The molecule has 0 radical (unpaired) electrons. The van der Waals surface area contributed by atoms with Crippen molar-refractivity contribution >= 4 is 17.5 Å². The molecule has 1 aliphatic heterocycles. The lowest BCUT2D eigenvalue weighted by Crippen LogP contribution is -2.24. The van der Waals surface area contributed by atoms with Crippen LogP contribution in [0.15, 0.2) is 18.2 Å². The number of benzene rings is 1. The number of hydrogen-bond donors (Lipinski definition) is 3. The molecule has 2 amide bonds. The molecule has 0 aromatic heterocycles. The van der Waals surface area contributed by atoms with Crippen LogP contribution in [0.5, 0.6) is 0 Å². The second kappa shape index (κ2) is 7.94. The van der Waals surface area contributed by atoms with Crippen molar-refractivity contribution in [2.45, 2.75) is 45.6 Å². The number of nitrogens with one attached hydrogen (secondary N) is 3. The van der Waals surface area contributed by atoms with Gasteiger partial charge in [-0.2, -0.15) is 0 Å². The molecule has 0 aliphatic carbocycles. The maximum Gasteiger partial charge on any atom is 0.251 e. The summed E-state index contributed by atoms with van der Waals surface area (Å²) in [5, 5.41) is 9.08. The third-order valence-electron chi connectivity index (χ3n) is 3.99. The number of amides is 2. The number of carbonyl (C=O) groups is 2. The highest BCUT2D eigenvalue weighted by Crippen LogP contribution is 2.18. The van der Waals surface area contributed by atoms with Gasteiger partial charge in [-0.05, 0) is 57.4 Å². The monoisotopic (exact) mass is 303 g/mol. The molecule has 1 aromatic carbocycles. The van der Waals surface area contributed by atoms with Gasteiger partial charge in [-0.15, -0.1) is 0 Å². The van der Waals surface area contributed by atoms with E-state index in [0.717, 1.165) is 24.9 Å². The third-order valence-corrected chi connectivity index (χ3v) is 3.99. The van der Waals surface area contributed by atoms with Gasteiger partial charge in [-0.1, -0.05) is 6.07 Å². The molecule has 5 nitrogen and oxygen atoms in total. The van der Waals surface area contributed by atoms with Crippen LogP contribution in [0, 0.1) is 6.92 Å². The first kappa shape index (κ1) is 16.5.